The van der Waals surface area contributed by atoms with Crippen molar-refractivity contribution in [2.24, 2.45) is 10.8 Å². The van der Waals surface area contributed by atoms with Crippen LogP contribution < -0.4 is 0 Å². The van der Waals surface area contributed by atoms with E-state index in [0.717, 1.165) is 12.2 Å². The molecule has 2 heterocycles. The Morgan fingerprint density at radius 2 is 0.962 bits per heavy atom. The van der Waals surface area contributed by atoms with Crippen LogP contribution in [0.15, 0.2) is 22.8 Å². The summed E-state index contributed by atoms with van der Waals surface area (Å²) in [6, 6.07) is 0. The molecule has 0 radical (unpaired) electrons. The molecule has 3 aliphatic rings. The van der Waals surface area contributed by atoms with E-state index in [-0.39, 0.29) is 26.4 Å². The van der Waals surface area contributed by atoms with Gasteiger partial charge in [-0.2, -0.15) is 0 Å². The molecule has 0 bridgehead atoms. The number of carbonyl (C=O) groups is 2. The third-order valence-electron chi connectivity index (χ3n) is 4.13. The lowest BCUT2D eigenvalue weighted by atomic mass is 9.97. The van der Waals surface area contributed by atoms with Crippen LogP contribution in [-0.2, 0) is 36.8 Å². The van der Waals surface area contributed by atoms with Crippen LogP contribution >= 0.6 is 15.2 Å². The maximum absolute atomic E-state index is 13.2. The lowest BCUT2D eigenvalue weighted by Crippen LogP contribution is -2.33. The Morgan fingerprint density at radius 1 is 0.692 bits per heavy atom. The van der Waals surface area contributed by atoms with Crippen molar-refractivity contribution in [1.82, 2.24) is 0 Å². The summed E-state index contributed by atoms with van der Waals surface area (Å²) in [7, 11) is -8.27. The van der Waals surface area contributed by atoms with Crippen LogP contribution in [0.3, 0.4) is 0 Å². The van der Waals surface area contributed by atoms with E-state index in [1.54, 1.807) is 0 Å². The molecule has 1 aliphatic carbocycles. The second kappa shape index (κ2) is 6.33. The van der Waals surface area contributed by atoms with Gasteiger partial charge < -0.3 is 18.1 Å². The highest BCUT2D eigenvalue weighted by atomic mass is 31.2. The average Bonchev–Trinajstić information content (AvgIpc) is 2.56. The van der Waals surface area contributed by atoms with Crippen molar-refractivity contribution in [3.63, 3.8) is 0 Å². The van der Waals surface area contributed by atoms with E-state index in [2.05, 4.69) is 0 Å². The van der Waals surface area contributed by atoms with Gasteiger partial charge in [0.15, 0.2) is 11.6 Å². The Morgan fingerprint density at radius 3 is 1.23 bits per heavy atom. The van der Waals surface area contributed by atoms with Crippen molar-refractivity contribution >= 4 is 26.8 Å². The molecular weight excluding hydrogens is 382 g/mol. The highest BCUT2D eigenvalue weighted by Gasteiger charge is 2.52. The van der Waals surface area contributed by atoms with E-state index in [0.29, 0.717) is 0 Å². The van der Waals surface area contributed by atoms with Crippen molar-refractivity contribution in [2.45, 2.75) is 27.7 Å². The van der Waals surface area contributed by atoms with Gasteiger partial charge in [-0.05, 0) is 12.2 Å². The number of hydrogen-bond donors (Lipinski definition) is 0. The molecule has 10 heteroatoms. The average molecular weight is 404 g/mol. The first-order chi connectivity index (χ1) is 11.9. The quantitative estimate of drug-likeness (QED) is 0.509. The molecule has 8 nitrogen and oxygen atoms in total. The zero-order valence-corrected chi connectivity index (χ0v) is 16.9. The van der Waals surface area contributed by atoms with Crippen LogP contribution in [0.5, 0.6) is 0 Å². The Bertz CT molecular complexity index is 726. The summed E-state index contributed by atoms with van der Waals surface area (Å²) in [6.45, 7) is 7.62. The molecule has 0 unspecified atom stereocenters. The lowest BCUT2D eigenvalue weighted by Gasteiger charge is -2.37. The Balaban J connectivity index is 2.07. The van der Waals surface area contributed by atoms with Gasteiger partial charge in [0.25, 0.3) is 0 Å². The van der Waals surface area contributed by atoms with Crippen molar-refractivity contribution in [3.05, 3.63) is 22.8 Å². The zero-order valence-electron chi connectivity index (χ0n) is 15.1. The number of ketones is 2. The smallest absolute Gasteiger partial charge is 0.304 e. The van der Waals surface area contributed by atoms with Gasteiger partial charge in [-0.1, -0.05) is 27.7 Å². The summed E-state index contributed by atoms with van der Waals surface area (Å²) in [6.07, 6.45) is 1.93. The van der Waals surface area contributed by atoms with E-state index in [1.165, 1.54) is 0 Å². The minimum Gasteiger partial charge on any atom is -0.304 e. The van der Waals surface area contributed by atoms with Gasteiger partial charge in [0, 0.05) is 10.8 Å². The van der Waals surface area contributed by atoms with Gasteiger partial charge in [-0.3, -0.25) is 18.7 Å². The first-order valence-electron chi connectivity index (χ1n) is 8.18. The molecule has 0 aromatic heterocycles. The van der Waals surface area contributed by atoms with Gasteiger partial charge in [0.1, 0.15) is 10.6 Å². The number of hydrogen-bond acceptors (Lipinski definition) is 8. The molecule has 0 amide bonds. The molecule has 0 aromatic rings. The molecule has 0 saturated carbocycles. The van der Waals surface area contributed by atoms with E-state index >= 15 is 0 Å². The first-order valence-corrected chi connectivity index (χ1v) is 11.3. The van der Waals surface area contributed by atoms with E-state index < -0.39 is 48.2 Å². The predicted octanol–water partition coefficient (Wildman–Crippen LogP) is 3.44. The third-order valence-corrected chi connectivity index (χ3v) is 8.16. The maximum atomic E-state index is 13.2. The fourth-order valence-electron chi connectivity index (χ4n) is 2.53. The standard InChI is InChI=1S/C16H22O8P2/c1-15(2)7-21-25(19,22-8-15)13-11(17)5-6-12(18)14(13)26(20)23-9-16(3,4)10-24-26/h5-6H,7-10H2,1-4H3. The zero-order chi connectivity index (χ0) is 19.4. The summed E-state index contributed by atoms with van der Waals surface area (Å²) in [4.78, 5) is 24.9. The molecule has 0 N–H and O–H groups in total. The first kappa shape index (κ1) is 19.9. The third kappa shape index (κ3) is 3.59. The summed E-state index contributed by atoms with van der Waals surface area (Å²) >= 11 is 0. The summed E-state index contributed by atoms with van der Waals surface area (Å²) in [5.74, 6) is -1.51. The van der Waals surface area contributed by atoms with Crippen LogP contribution in [0, 0.1) is 10.8 Å². The molecule has 0 aromatic carbocycles. The van der Waals surface area contributed by atoms with Crippen molar-refractivity contribution in [1.29, 1.82) is 0 Å². The van der Waals surface area contributed by atoms with Gasteiger partial charge in [0.2, 0.25) is 0 Å². The van der Waals surface area contributed by atoms with E-state index in [1.807, 2.05) is 27.7 Å². The fourth-order valence-corrected chi connectivity index (χ4v) is 7.43. The highest BCUT2D eigenvalue weighted by molar-refractivity contribution is 7.65. The Kier molecular flexibility index (Phi) is 4.84. The van der Waals surface area contributed by atoms with Crippen LogP contribution in [0.25, 0.3) is 0 Å². The molecule has 0 spiro atoms. The molecular formula is C16H22O8P2. The normalized spacial score (nSPS) is 29.7. The summed E-state index contributed by atoms with van der Waals surface area (Å²) in [5, 5.41) is -1.08. The molecule has 3 rings (SSSR count). The van der Waals surface area contributed by atoms with Crippen molar-refractivity contribution in [3.8, 4) is 0 Å². The monoisotopic (exact) mass is 404 g/mol. The van der Waals surface area contributed by atoms with Gasteiger partial charge in [-0.15, -0.1) is 0 Å². The minimum atomic E-state index is -4.13. The minimum absolute atomic E-state index is 0.0608. The molecule has 144 valence electrons. The number of carbonyl (C=O) groups excluding carboxylic acids is 2. The second-order valence-electron chi connectivity index (χ2n) is 8.18. The van der Waals surface area contributed by atoms with Gasteiger partial charge in [0.05, 0.1) is 26.4 Å². The SMILES string of the molecule is CC1(C)COP(=O)(C2=C(P3(=O)OCC(C)(C)CO3)C(=O)C=CC2=O)OC1. The Labute approximate surface area is 152 Å². The van der Waals surface area contributed by atoms with Crippen molar-refractivity contribution < 1.29 is 36.8 Å². The topological polar surface area (TPSA) is 105 Å². The number of rotatable bonds is 2. The second-order valence-corrected chi connectivity index (χ2v) is 12.1. The van der Waals surface area contributed by atoms with Crippen LogP contribution in [0.2, 0.25) is 0 Å². The largest absolute Gasteiger partial charge is 0.366 e. The molecule has 2 saturated heterocycles. The lowest BCUT2D eigenvalue weighted by molar-refractivity contribution is -0.114. The van der Waals surface area contributed by atoms with Gasteiger partial charge in [-0.25, -0.2) is 0 Å². The van der Waals surface area contributed by atoms with E-state index in [4.69, 9.17) is 18.1 Å². The van der Waals surface area contributed by atoms with Crippen LogP contribution in [-0.4, -0.2) is 38.0 Å². The van der Waals surface area contributed by atoms with Crippen LogP contribution in [0.1, 0.15) is 27.7 Å². The predicted molar refractivity (Wildman–Crippen MR) is 92.8 cm³/mol. The van der Waals surface area contributed by atoms with Gasteiger partial charge >= 0.3 is 15.2 Å². The molecule has 26 heavy (non-hydrogen) atoms. The molecule has 0 atom stereocenters. The van der Waals surface area contributed by atoms with Crippen LogP contribution in [0.4, 0.5) is 0 Å². The highest BCUT2D eigenvalue weighted by Crippen LogP contribution is 2.69. The summed E-state index contributed by atoms with van der Waals surface area (Å²) in [5.41, 5.74) is -0.809. The number of allylic oxidation sites excluding steroid dienone is 4. The molecule has 2 fully saturated rings. The van der Waals surface area contributed by atoms with E-state index in [9.17, 15) is 18.7 Å². The summed E-state index contributed by atoms with van der Waals surface area (Å²) < 4.78 is 48.0. The molecule has 2 aliphatic heterocycles. The maximum Gasteiger partial charge on any atom is 0.366 e. The van der Waals surface area contributed by atoms with Crippen molar-refractivity contribution in [2.75, 3.05) is 26.4 Å². The Hall–Kier alpha value is -0.880. The fraction of sp³-hybridized carbons (Fsp3) is 0.625.